The Morgan fingerprint density at radius 2 is 1.71 bits per heavy atom. The van der Waals surface area contributed by atoms with Crippen molar-refractivity contribution in [1.29, 1.82) is 0 Å². The van der Waals surface area contributed by atoms with Crippen molar-refractivity contribution in [2.75, 3.05) is 7.11 Å². The molecule has 0 bridgehead atoms. The Bertz CT molecular complexity index is 237. The van der Waals surface area contributed by atoms with Gasteiger partial charge in [0.2, 0.25) is 0 Å². The zero-order valence-electron chi connectivity index (χ0n) is 11.3. The van der Waals surface area contributed by atoms with Gasteiger partial charge in [-0.2, -0.15) is 0 Å². The van der Waals surface area contributed by atoms with Crippen molar-refractivity contribution in [3.05, 3.63) is 17.9 Å². The fourth-order valence-corrected chi connectivity index (χ4v) is 1.61. The molecule has 0 aliphatic heterocycles. The van der Waals surface area contributed by atoms with Gasteiger partial charge in [0.05, 0.1) is 7.11 Å². The lowest BCUT2D eigenvalue weighted by atomic mass is 10.1. The van der Waals surface area contributed by atoms with Crippen LogP contribution in [-0.4, -0.2) is 13.1 Å². The number of allylic oxidation sites excluding steroid dienone is 1. The first-order chi connectivity index (χ1) is 8.31. The fourth-order valence-electron chi connectivity index (χ4n) is 1.61. The van der Waals surface area contributed by atoms with Gasteiger partial charge in [-0.15, -0.1) is 5.73 Å². The molecule has 0 aliphatic carbocycles. The molecule has 0 aromatic rings. The molecule has 0 aromatic carbocycles. The molecule has 0 amide bonds. The number of hydrogen-bond acceptors (Lipinski definition) is 2. The maximum atomic E-state index is 10.8. The SMILES string of the molecule is CCC=C=CCCCCCCCCC(=O)OC. The van der Waals surface area contributed by atoms with Crippen molar-refractivity contribution in [2.24, 2.45) is 0 Å². The lowest BCUT2D eigenvalue weighted by Gasteiger charge is -2.00. The van der Waals surface area contributed by atoms with E-state index >= 15 is 0 Å². The van der Waals surface area contributed by atoms with E-state index in [1.54, 1.807) is 0 Å². The summed E-state index contributed by atoms with van der Waals surface area (Å²) < 4.78 is 4.59. The highest BCUT2D eigenvalue weighted by atomic mass is 16.5. The molecule has 0 heterocycles. The summed E-state index contributed by atoms with van der Waals surface area (Å²) in [6, 6.07) is 0. The maximum Gasteiger partial charge on any atom is 0.305 e. The molecule has 0 saturated heterocycles. The first-order valence-electron chi connectivity index (χ1n) is 6.77. The van der Waals surface area contributed by atoms with E-state index in [9.17, 15) is 4.79 Å². The van der Waals surface area contributed by atoms with E-state index in [2.05, 4.69) is 29.5 Å². The third-order valence-corrected chi connectivity index (χ3v) is 2.65. The average Bonchev–Trinajstić information content (AvgIpc) is 2.35. The van der Waals surface area contributed by atoms with Gasteiger partial charge in [0.25, 0.3) is 0 Å². The topological polar surface area (TPSA) is 26.3 Å². The number of esters is 1. The summed E-state index contributed by atoms with van der Waals surface area (Å²) in [7, 11) is 1.45. The van der Waals surface area contributed by atoms with E-state index in [4.69, 9.17) is 0 Å². The largest absolute Gasteiger partial charge is 0.469 e. The van der Waals surface area contributed by atoms with Crippen molar-refractivity contribution >= 4 is 5.97 Å². The molecule has 17 heavy (non-hydrogen) atoms. The highest BCUT2D eigenvalue weighted by Crippen LogP contribution is 2.09. The van der Waals surface area contributed by atoms with E-state index in [1.807, 2.05) is 0 Å². The Hall–Kier alpha value is -1.01. The Morgan fingerprint density at radius 1 is 1.06 bits per heavy atom. The molecule has 0 atom stereocenters. The van der Waals surface area contributed by atoms with Crippen LogP contribution in [0.15, 0.2) is 17.9 Å². The Balaban J connectivity index is 3.14. The number of carbonyl (C=O) groups is 1. The summed E-state index contributed by atoms with van der Waals surface area (Å²) in [6.07, 6.45) is 14.1. The molecule has 0 N–H and O–H groups in total. The second-order valence-corrected chi connectivity index (χ2v) is 4.22. The molecule has 0 spiro atoms. The first-order valence-corrected chi connectivity index (χ1v) is 6.77. The molecule has 0 radical (unpaired) electrons. The monoisotopic (exact) mass is 238 g/mol. The van der Waals surface area contributed by atoms with Gasteiger partial charge in [-0.1, -0.05) is 32.6 Å². The molecule has 98 valence electrons. The third kappa shape index (κ3) is 12.9. The van der Waals surface area contributed by atoms with Gasteiger partial charge in [-0.25, -0.2) is 0 Å². The highest BCUT2D eigenvalue weighted by molar-refractivity contribution is 5.68. The Morgan fingerprint density at radius 3 is 2.35 bits per heavy atom. The molecule has 0 saturated carbocycles. The minimum atomic E-state index is -0.0853. The van der Waals surface area contributed by atoms with Crippen molar-refractivity contribution in [3.63, 3.8) is 0 Å². The zero-order valence-corrected chi connectivity index (χ0v) is 11.3. The second-order valence-electron chi connectivity index (χ2n) is 4.22. The van der Waals surface area contributed by atoms with Gasteiger partial charge >= 0.3 is 5.97 Å². The minimum absolute atomic E-state index is 0.0853. The molecular weight excluding hydrogens is 212 g/mol. The van der Waals surface area contributed by atoms with Crippen LogP contribution in [0, 0.1) is 0 Å². The lowest BCUT2D eigenvalue weighted by Crippen LogP contribution is -1.99. The number of methoxy groups -OCH3 is 1. The highest BCUT2D eigenvalue weighted by Gasteiger charge is 1.98. The van der Waals surface area contributed by atoms with Crippen LogP contribution >= 0.6 is 0 Å². The summed E-state index contributed by atoms with van der Waals surface area (Å²) in [6.45, 7) is 2.12. The van der Waals surface area contributed by atoms with Crippen LogP contribution in [0.1, 0.15) is 64.7 Å². The van der Waals surface area contributed by atoms with Crippen LogP contribution in [0.3, 0.4) is 0 Å². The van der Waals surface area contributed by atoms with E-state index in [1.165, 1.54) is 32.8 Å². The van der Waals surface area contributed by atoms with Crippen LogP contribution in [-0.2, 0) is 9.53 Å². The molecule has 0 rings (SSSR count). The van der Waals surface area contributed by atoms with E-state index in [0.717, 1.165) is 25.7 Å². The van der Waals surface area contributed by atoms with Crippen LogP contribution in [0.2, 0.25) is 0 Å². The van der Waals surface area contributed by atoms with Crippen molar-refractivity contribution in [1.82, 2.24) is 0 Å². The van der Waals surface area contributed by atoms with Crippen LogP contribution in [0.5, 0.6) is 0 Å². The number of hydrogen-bond donors (Lipinski definition) is 0. The van der Waals surface area contributed by atoms with Crippen molar-refractivity contribution in [3.8, 4) is 0 Å². The number of rotatable bonds is 10. The number of ether oxygens (including phenoxy) is 1. The maximum absolute atomic E-state index is 10.8. The van der Waals surface area contributed by atoms with Crippen molar-refractivity contribution < 1.29 is 9.53 Å². The van der Waals surface area contributed by atoms with Crippen LogP contribution < -0.4 is 0 Å². The number of carbonyl (C=O) groups excluding carboxylic acids is 1. The van der Waals surface area contributed by atoms with Gasteiger partial charge in [-0.05, 0) is 37.8 Å². The molecule has 0 fully saturated rings. The van der Waals surface area contributed by atoms with Crippen LogP contribution in [0.4, 0.5) is 0 Å². The molecule has 0 aliphatic rings. The summed E-state index contributed by atoms with van der Waals surface area (Å²) >= 11 is 0. The Kier molecular flexibility index (Phi) is 12.3. The van der Waals surface area contributed by atoms with Gasteiger partial charge < -0.3 is 4.74 Å². The van der Waals surface area contributed by atoms with Gasteiger partial charge in [0.1, 0.15) is 0 Å². The first kappa shape index (κ1) is 16.0. The van der Waals surface area contributed by atoms with E-state index in [0.29, 0.717) is 6.42 Å². The molecule has 2 nitrogen and oxygen atoms in total. The van der Waals surface area contributed by atoms with Crippen LogP contribution in [0.25, 0.3) is 0 Å². The predicted octanol–water partition coefficient (Wildman–Crippen LogP) is 4.40. The fraction of sp³-hybridized carbons (Fsp3) is 0.733. The van der Waals surface area contributed by atoms with Gasteiger partial charge in [0.15, 0.2) is 0 Å². The standard InChI is InChI=1S/C15H26O2/c1-3-4-5-6-7-8-9-10-11-12-13-14-15(16)17-2/h4,6H,3,7-14H2,1-2H3. The lowest BCUT2D eigenvalue weighted by molar-refractivity contribution is -0.140. The smallest absolute Gasteiger partial charge is 0.305 e. The Labute approximate surface area is 106 Å². The quantitative estimate of drug-likeness (QED) is 0.320. The van der Waals surface area contributed by atoms with E-state index in [-0.39, 0.29) is 5.97 Å². The predicted molar refractivity (Wildman–Crippen MR) is 71.9 cm³/mol. The normalized spacial score (nSPS) is 9.53. The molecule has 0 aromatic heterocycles. The van der Waals surface area contributed by atoms with Gasteiger partial charge in [0, 0.05) is 6.42 Å². The van der Waals surface area contributed by atoms with Gasteiger partial charge in [-0.3, -0.25) is 4.79 Å². The number of unbranched alkanes of at least 4 members (excludes halogenated alkanes) is 6. The third-order valence-electron chi connectivity index (χ3n) is 2.65. The summed E-state index contributed by atoms with van der Waals surface area (Å²) in [5.41, 5.74) is 3.16. The zero-order chi connectivity index (χ0) is 12.8. The summed E-state index contributed by atoms with van der Waals surface area (Å²) in [5.74, 6) is -0.0853. The average molecular weight is 238 g/mol. The molecular formula is C15H26O2. The molecule has 0 unspecified atom stereocenters. The van der Waals surface area contributed by atoms with Crippen molar-refractivity contribution in [2.45, 2.75) is 64.7 Å². The van der Waals surface area contributed by atoms with E-state index < -0.39 is 0 Å². The summed E-state index contributed by atoms with van der Waals surface area (Å²) in [4.78, 5) is 10.8. The minimum Gasteiger partial charge on any atom is -0.469 e. The summed E-state index contributed by atoms with van der Waals surface area (Å²) in [5, 5.41) is 0. The second kappa shape index (κ2) is 13.1. The molecule has 2 heteroatoms.